The van der Waals surface area contributed by atoms with Crippen LogP contribution in [-0.2, 0) is 10.0 Å². The molecule has 28 heavy (non-hydrogen) atoms. The highest BCUT2D eigenvalue weighted by atomic mass is 32.2. The van der Waals surface area contributed by atoms with Crippen LogP contribution in [0.15, 0.2) is 92.6 Å². The molecule has 0 saturated carbocycles. The summed E-state index contributed by atoms with van der Waals surface area (Å²) >= 11 is 0. The number of nitrogen functional groups attached to an aromatic ring is 1. The zero-order chi connectivity index (χ0) is 19.7. The number of sulfonamides is 1. The van der Waals surface area contributed by atoms with Gasteiger partial charge in [-0.1, -0.05) is 60.2 Å². The number of rotatable bonds is 3. The van der Waals surface area contributed by atoms with E-state index in [1.165, 1.54) is 12.1 Å². The Morgan fingerprint density at radius 3 is 2.21 bits per heavy atom. The molecule has 140 valence electrons. The summed E-state index contributed by atoms with van der Waals surface area (Å²) in [6.45, 7) is 1.89. The Balaban J connectivity index is 2.05. The van der Waals surface area contributed by atoms with Gasteiger partial charge in [0.15, 0.2) is 0 Å². The lowest BCUT2D eigenvalue weighted by Crippen LogP contribution is -2.13. The molecule has 0 aliphatic carbocycles. The normalized spacial score (nSPS) is 12.4. The first-order chi connectivity index (χ1) is 13.5. The summed E-state index contributed by atoms with van der Waals surface area (Å²) in [6.07, 6.45) is 0. The molecule has 0 saturated heterocycles. The Hall–Kier alpha value is -3.38. The van der Waals surface area contributed by atoms with Gasteiger partial charge in [0.05, 0.1) is 16.1 Å². The summed E-state index contributed by atoms with van der Waals surface area (Å²) in [6, 6.07) is 23.0. The quantitative estimate of drug-likeness (QED) is 0.566. The molecule has 0 amide bonds. The van der Waals surface area contributed by atoms with Crippen molar-refractivity contribution in [2.24, 2.45) is 4.40 Å². The van der Waals surface area contributed by atoms with Crippen LogP contribution in [0.5, 0.6) is 0 Å². The first kappa shape index (κ1) is 18.0. The van der Waals surface area contributed by atoms with Crippen LogP contribution < -0.4 is 11.3 Å². The van der Waals surface area contributed by atoms with Crippen LogP contribution in [0.3, 0.4) is 0 Å². The van der Waals surface area contributed by atoms with Gasteiger partial charge in [0.25, 0.3) is 10.0 Å². The third-order valence-corrected chi connectivity index (χ3v) is 5.73. The van der Waals surface area contributed by atoms with Crippen molar-refractivity contribution in [2.75, 3.05) is 5.73 Å². The zero-order valence-electron chi connectivity index (χ0n) is 15.2. The number of hydrogen-bond donors (Lipinski definition) is 1. The van der Waals surface area contributed by atoms with Crippen molar-refractivity contribution < 1.29 is 12.8 Å². The van der Waals surface area contributed by atoms with Gasteiger partial charge in [0, 0.05) is 5.39 Å². The van der Waals surface area contributed by atoms with E-state index in [9.17, 15) is 8.42 Å². The van der Waals surface area contributed by atoms with Crippen molar-refractivity contribution in [1.29, 1.82) is 0 Å². The van der Waals surface area contributed by atoms with Gasteiger partial charge < -0.3 is 10.2 Å². The molecule has 4 rings (SSSR count). The lowest BCUT2D eigenvalue weighted by molar-refractivity contribution is 0.543. The largest absolute Gasteiger partial charge is 0.437 e. The monoisotopic (exact) mass is 390 g/mol. The van der Waals surface area contributed by atoms with Crippen molar-refractivity contribution in [1.82, 2.24) is 0 Å². The Kier molecular flexibility index (Phi) is 4.49. The van der Waals surface area contributed by atoms with Crippen LogP contribution in [0.2, 0.25) is 0 Å². The number of hydrogen-bond acceptors (Lipinski definition) is 4. The Morgan fingerprint density at radius 1 is 0.857 bits per heavy atom. The molecule has 0 aliphatic heterocycles. The van der Waals surface area contributed by atoms with Gasteiger partial charge in [-0.2, -0.15) is 8.42 Å². The maximum atomic E-state index is 12.9. The van der Waals surface area contributed by atoms with E-state index in [0.717, 1.165) is 11.1 Å². The fraction of sp³-hybridized carbons (Fsp3) is 0.0455. The van der Waals surface area contributed by atoms with Gasteiger partial charge in [-0.05, 0) is 36.8 Å². The molecule has 0 fully saturated rings. The van der Waals surface area contributed by atoms with Crippen LogP contribution in [0, 0.1) is 6.92 Å². The predicted molar refractivity (Wildman–Crippen MR) is 110 cm³/mol. The topological polar surface area (TPSA) is 85.7 Å². The number of anilines is 1. The van der Waals surface area contributed by atoms with Gasteiger partial charge in [-0.15, -0.1) is 4.40 Å². The number of nitrogens with two attached hydrogens (primary N) is 1. The molecule has 0 unspecified atom stereocenters. The predicted octanol–water partition coefficient (Wildman–Crippen LogP) is 4.28. The molecule has 0 radical (unpaired) electrons. The van der Waals surface area contributed by atoms with E-state index in [-0.39, 0.29) is 10.4 Å². The van der Waals surface area contributed by atoms with Crippen molar-refractivity contribution in [3.05, 3.63) is 90.0 Å². The van der Waals surface area contributed by atoms with Crippen molar-refractivity contribution in [3.63, 3.8) is 0 Å². The van der Waals surface area contributed by atoms with Crippen LogP contribution in [0.25, 0.3) is 22.1 Å². The van der Waals surface area contributed by atoms with Crippen LogP contribution in [-0.4, -0.2) is 8.42 Å². The van der Waals surface area contributed by atoms with Crippen molar-refractivity contribution >= 4 is 26.7 Å². The van der Waals surface area contributed by atoms with E-state index in [1.807, 2.05) is 49.4 Å². The Labute approximate surface area is 162 Å². The molecular weight excluding hydrogens is 372 g/mol. The highest BCUT2D eigenvalue weighted by Gasteiger charge is 2.17. The summed E-state index contributed by atoms with van der Waals surface area (Å²) in [7, 11) is -3.97. The second-order valence-electron chi connectivity index (χ2n) is 6.44. The summed E-state index contributed by atoms with van der Waals surface area (Å²) in [5.41, 5.74) is 9.41. The van der Waals surface area contributed by atoms with Gasteiger partial charge >= 0.3 is 0 Å². The number of nitrogens with zero attached hydrogens (tertiary/aromatic N) is 1. The van der Waals surface area contributed by atoms with E-state index in [2.05, 4.69) is 4.40 Å². The van der Waals surface area contributed by atoms with E-state index < -0.39 is 10.0 Å². The zero-order valence-corrected chi connectivity index (χ0v) is 16.0. The molecule has 0 spiro atoms. The first-order valence-corrected chi connectivity index (χ1v) is 10.1. The minimum Gasteiger partial charge on any atom is -0.437 e. The Bertz CT molecular complexity index is 1320. The summed E-state index contributed by atoms with van der Waals surface area (Å²) in [4.78, 5) is 0.0963. The highest BCUT2D eigenvalue weighted by molar-refractivity contribution is 7.90. The number of aryl methyl sites for hydroxylation is 1. The third kappa shape index (κ3) is 3.30. The molecule has 6 heteroatoms. The van der Waals surface area contributed by atoms with Gasteiger partial charge in [0.1, 0.15) is 5.58 Å². The highest BCUT2D eigenvalue weighted by Crippen LogP contribution is 2.29. The average molecular weight is 390 g/mol. The lowest BCUT2D eigenvalue weighted by atomic mass is 10.0. The van der Waals surface area contributed by atoms with Gasteiger partial charge in [-0.3, -0.25) is 0 Å². The van der Waals surface area contributed by atoms with Crippen molar-refractivity contribution in [2.45, 2.75) is 11.8 Å². The molecule has 1 aromatic heterocycles. The number of para-hydroxylation sites is 1. The SMILES string of the molecule is Cc1ccc(S(=O)(=O)/N=c2\oc3ccccc3c(N)c2-c2ccccc2)cc1. The van der Waals surface area contributed by atoms with E-state index in [4.69, 9.17) is 10.2 Å². The maximum absolute atomic E-state index is 12.9. The molecule has 0 atom stereocenters. The van der Waals surface area contributed by atoms with Crippen LogP contribution in [0.1, 0.15) is 5.56 Å². The van der Waals surface area contributed by atoms with Crippen molar-refractivity contribution in [3.8, 4) is 11.1 Å². The van der Waals surface area contributed by atoms with Crippen LogP contribution >= 0.6 is 0 Å². The molecule has 5 nitrogen and oxygen atoms in total. The minimum absolute atomic E-state index is 0.0389. The molecule has 4 aromatic rings. The van der Waals surface area contributed by atoms with Gasteiger partial charge in [0.2, 0.25) is 5.55 Å². The van der Waals surface area contributed by atoms with E-state index in [1.54, 1.807) is 24.3 Å². The van der Waals surface area contributed by atoms with Crippen LogP contribution in [0.4, 0.5) is 5.69 Å². The van der Waals surface area contributed by atoms with E-state index >= 15 is 0 Å². The maximum Gasteiger partial charge on any atom is 0.285 e. The first-order valence-electron chi connectivity index (χ1n) is 8.70. The fourth-order valence-corrected chi connectivity index (χ4v) is 3.94. The Morgan fingerprint density at radius 2 is 1.50 bits per heavy atom. The minimum atomic E-state index is -3.97. The third-order valence-electron chi connectivity index (χ3n) is 4.45. The molecule has 1 heterocycles. The summed E-state index contributed by atoms with van der Waals surface area (Å²) < 4.78 is 35.6. The smallest absolute Gasteiger partial charge is 0.285 e. The number of benzene rings is 3. The molecular formula is C22H18N2O3S. The number of fused-ring (bicyclic) bond motifs is 1. The fourth-order valence-electron chi connectivity index (χ4n) is 3.00. The molecule has 0 aliphatic rings. The lowest BCUT2D eigenvalue weighted by Gasteiger charge is -2.10. The molecule has 3 aromatic carbocycles. The standard InChI is InChI=1S/C22H18N2O3S/c1-15-11-13-17(14-12-15)28(25,26)24-22-20(16-7-3-2-4-8-16)21(23)18-9-5-6-10-19(18)27-22/h2-14H,23H2,1H3/b24-22-. The molecule has 0 bridgehead atoms. The second kappa shape index (κ2) is 6.98. The molecule has 2 N–H and O–H groups in total. The van der Waals surface area contributed by atoms with Gasteiger partial charge in [-0.25, -0.2) is 0 Å². The second-order valence-corrected chi connectivity index (χ2v) is 8.04. The van der Waals surface area contributed by atoms with E-state index in [0.29, 0.717) is 22.2 Å². The average Bonchev–Trinajstić information content (AvgIpc) is 2.69. The summed E-state index contributed by atoms with van der Waals surface area (Å²) in [5.74, 6) is 0. The summed E-state index contributed by atoms with van der Waals surface area (Å²) in [5, 5.41) is 0.702.